The molecule has 0 spiro atoms. The zero-order chi connectivity index (χ0) is 23.9. The zero-order valence-corrected chi connectivity index (χ0v) is 21.0. The second-order valence-electron chi connectivity index (χ2n) is 8.32. The molecule has 2 unspecified atom stereocenters. The van der Waals surface area contributed by atoms with E-state index in [1.807, 2.05) is 19.2 Å². The van der Waals surface area contributed by atoms with Crippen LogP contribution >= 0.6 is 11.3 Å². The molecule has 2 aliphatic heterocycles. The van der Waals surface area contributed by atoms with Crippen LogP contribution in [0.4, 0.5) is 11.5 Å². The Balaban J connectivity index is 0.00000133. The fraction of sp³-hybridized carbons (Fsp3) is 0.583. The Hall–Kier alpha value is -2.40. The Morgan fingerprint density at radius 3 is 2.79 bits per heavy atom. The zero-order valence-electron chi connectivity index (χ0n) is 20.2. The molecule has 4 heterocycles. The first-order valence-electron chi connectivity index (χ1n) is 12.0. The lowest BCUT2D eigenvalue weighted by Gasteiger charge is -2.35. The van der Waals surface area contributed by atoms with E-state index in [0.29, 0.717) is 13.2 Å². The maximum Gasteiger partial charge on any atom is 0.162 e. The highest BCUT2D eigenvalue weighted by atomic mass is 32.1. The SMILES string of the molecule is CC.COCc1csc(C(O)C2CCCN(c3nnnc4cc(N5CCOCC5)ccc34)C2)n1. The second-order valence-corrected chi connectivity index (χ2v) is 9.21. The number of thiazole rings is 1. The molecule has 9 nitrogen and oxygen atoms in total. The summed E-state index contributed by atoms with van der Waals surface area (Å²) in [5.41, 5.74) is 2.84. The summed E-state index contributed by atoms with van der Waals surface area (Å²) in [5, 5.41) is 27.4. The largest absolute Gasteiger partial charge is 0.386 e. The number of hydrogen-bond donors (Lipinski definition) is 1. The van der Waals surface area contributed by atoms with Gasteiger partial charge in [0.1, 0.15) is 16.6 Å². The third kappa shape index (κ3) is 5.46. The molecule has 0 amide bonds. The summed E-state index contributed by atoms with van der Waals surface area (Å²) < 4.78 is 10.6. The molecule has 1 aromatic carbocycles. The van der Waals surface area contributed by atoms with Crippen LogP contribution in [-0.4, -0.2) is 72.0 Å². The van der Waals surface area contributed by atoms with Gasteiger partial charge in [-0.25, -0.2) is 4.98 Å². The van der Waals surface area contributed by atoms with Gasteiger partial charge >= 0.3 is 0 Å². The van der Waals surface area contributed by atoms with Crippen LogP contribution in [0.3, 0.4) is 0 Å². The van der Waals surface area contributed by atoms with E-state index in [4.69, 9.17) is 9.47 Å². The first kappa shape index (κ1) is 24.7. The van der Waals surface area contributed by atoms with Crippen LogP contribution < -0.4 is 9.80 Å². The molecule has 1 N–H and O–H groups in total. The summed E-state index contributed by atoms with van der Waals surface area (Å²) in [4.78, 5) is 9.09. The van der Waals surface area contributed by atoms with E-state index >= 15 is 0 Å². The van der Waals surface area contributed by atoms with Crippen LogP contribution in [0, 0.1) is 5.92 Å². The Kier molecular flexibility index (Phi) is 8.60. The number of anilines is 2. The second kappa shape index (κ2) is 11.8. The number of hydrogen-bond acceptors (Lipinski definition) is 10. The van der Waals surface area contributed by atoms with Crippen LogP contribution in [0.5, 0.6) is 0 Å². The molecular weight excluding hydrogens is 452 g/mol. The number of morpholine rings is 1. The van der Waals surface area contributed by atoms with E-state index in [1.165, 1.54) is 11.3 Å². The summed E-state index contributed by atoms with van der Waals surface area (Å²) in [7, 11) is 1.65. The number of aromatic nitrogens is 4. The van der Waals surface area contributed by atoms with Crippen molar-refractivity contribution < 1.29 is 14.6 Å². The van der Waals surface area contributed by atoms with E-state index < -0.39 is 6.10 Å². The average molecular weight is 487 g/mol. The Labute approximate surface area is 204 Å². The fourth-order valence-electron chi connectivity index (χ4n) is 4.54. The normalized spacial score (nSPS) is 19.6. The number of ether oxygens (including phenoxy) is 2. The Bertz CT molecular complexity index is 1060. The van der Waals surface area contributed by atoms with Crippen molar-refractivity contribution in [2.75, 3.05) is 56.3 Å². The summed E-state index contributed by atoms with van der Waals surface area (Å²) in [5.74, 6) is 0.919. The first-order chi connectivity index (χ1) is 16.7. The number of benzene rings is 1. The molecule has 2 aromatic heterocycles. The van der Waals surface area contributed by atoms with E-state index in [2.05, 4.69) is 48.4 Å². The smallest absolute Gasteiger partial charge is 0.162 e. The van der Waals surface area contributed by atoms with Gasteiger partial charge in [0.25, 0.3) is 0 Å². The predicted molar refractivity (Wildman–Crippen MR) is 134 cm³/mol. The van der Waals surface area contributed by atoms with Crippen molar-refractivity contribution in [3.8, 4) is 0 Å². The summed E-state index contributed by atoms with van der Waals surface area (Å²) in [6, 6.07) is 6.31. The molecule has 10 heteroatoms. The highest BCUT2D eigenvalue weighted by molar-refractivity contribution is 7.09. The molecule has 2 atom stereocenters. The molecule has 0 saturated carbocycles. The molecule has 3 aromatic rings. The lowest BCUT2D eigenvalue weighted by Crippen LogP contribution is -2.38. The highest BCUT2D eigenvalue weighted by Gasteiger charge is 2.30. The van der Waals surface area contributed by atoms with Crippen molar-refractivity contribution in [3.05, 3.63) is 34.3 Å². The molecule has 0 bridgehead atoms. The van der Waals surface area contributed by atoms with Gasteiger partial charge in [0.15, 0.2) is 5.82 Å². The standard InChI is InChI=1S/C22H28N6O3S.C2H6/c1-30-13-16-14-32-22(23-16)20(29)15-3-2-6-28(12-15)21-18-5-4-17(11-19(18)24-26-25-21)27-7-9-31-10-8-27;1-2/h4-5,11,14-15,20,29H,2-3,6-10,12-13H2,1H3;1-2H3. The molecule has 0 aliphatic carbocycles. The lowest BCUT2D eigenvalue weighted by atomic mass is 9.92. The summed E-state index contributed by atoms with van der Waals surface area (Å²) >= 11 is 1.49. The van der Waals surface area contributed by atoms with Crippen LogP contribution in [0.15, 0.2) is 23.6 Å². The van der Waals surface area contributed by atoms with Gasteiger partial charge in [-0.05, 0) is 36.3 Å². The number of aliphatic hydroxyl groups is 1. The average Bonchev–Trinajstić information content (AvgIpc) is 3.38. The number of rotatable bonds is 6. The van der Waals surface area contributed by atoms with Gasteiger partial charge < -0.3 is 24.4 Å². The third-order valence-electron chi connectivity index (χ3n) is 6.21. The van der Waals surface area contributed by atoms with Gasteiger partial charge in [0, 0.05) is 55.7 Å². The van der Waals surface area contributed by atoms with Crippen molar-refractivity contribution in [2.24, 2.45) is 5.92 Å². The maximum absolute atomic E-state index is 11.0. The van der Waals surface area contributed by atoms with Crippen LogP contribution in [-0.2, 0) is 16.1 Å². The van der Waals surface area contributed by atoms with E-state index in [1.54, 1.807) is 7.11 Å². The van der Waals surface area contributed by atoms with E-state index in [9.17, 15) is 5.11 Å². The molecule has 2 fully saturated rings. The minimum atomic E-state index is -0.595. The predicted octanol–water partition coefficient (Wildman–Crippen LogP) is 3.44. The van der Waals surface area contributed by atoms with E-state index in [-0.39, 0.29) is 5.92 Å². The number of piperidine rings is 1. The summed E-state index contributed by atoms with van der Waals surface area (Å²) in [6.45, 7) is 9.31. The fourth-order valence-corrected chi connectivity index (χ4v) is 5.42. The van der Waals surface area contributed by atoms with Gasteiger partial charge in [0.05, 0.1) is 25.5 Å². The van der Waals surface area contributed by atoms with Gasteiger partial charge in [-0.2, -0.15) is 0 Å². The monoisotopic (exact) mass is 486 g/mol. The van der Waals surface area contributed by atoms with E-state index in [0.717, 1.165) is 78.8 Å². The third-order valence-corrected chi connectivity index (χ3v) is 7.17. The maximum atomic E-state index is 11.0. The molecule has 5 rings (SSSR count). The minimum absolute atomic E-state index is 0.0860. The van der Waals surface area contributed by atoms with Crippen molar-refractivity contribution in [1.29, 1.82) is 0 Å². The molecule has 2 saturated heterocycles. The molecule has 34 heavy (non-hydrogen) atoms. The van der Waals surface area contributed by atoms with Gasteiger partial charge in [-0.1, -0.05) is 13.8 Å². The Morgan fingerprint density at radius 2 is 2.00 bits per heavy atom. The topological polar surface area (TPSA) is 96.7 Å². The number of aliphatic hydroxyl groups excluding tert-OH is 1. The minimum Gasteiger partial charge on any atom is -0.386 e. The van der Waals surface area contributed by atoms with Gasteiger partial charge in [-0.15, -0.1) is 21.5 Å². The first-order valence-corrected chi connectivity index (χ1v) is 12.9. The van der Waals surface area contributed by atoms with Gasteiger partial charge in [0.2, 0.25) is 0 Å². The van der Waals surface area contributed by atoms with Crippen LogP contribution in [0.2, 0.25) is 0 Å². The highest BCUT2D eigenvalue weighted by Crippen LogP contribution is 2.35. The number of methoxy groups -OCH3 is 1. The van der Waals surface area contributed by atoms with Crippen LogP contribution in [0.25, 0.3) is 10.9 Å². The van der Waals surface area contributed by atoms with Crippen LogP contribution in [0.1, 0.15) is 43.5 Å². The van der Waals surface area contributed by atoms with Crippen molar-refractivity contribution in [3.63, 3.8) is 0 Å². The lowest BCUT2D eigenvalue weighted by molar-refractivity contribution is 0.0971. The molecule has 2 aliphatic rings. The van der Waals surface area contributed by atoms with Crippen molar-refractivity contribution in [2.45, 2.75) is 39.4 Å². The quantitative estimate of drug-likeness (QED) is 0.562. The van der Waals surface area contributed by atoms with Crippen molar-refractivity contribution in [1.82, 2.24) is 20.4 Å². The Morgan fingerprint density at radius 1 is 1.18 bits per heavy atom. The molecule has 184 valence electrons. The van der Waals surface area contributed by atoms with Gasteiger partial charge in [-0.3, -0.25) is 0 Å². The number of nitrogens with zero attached hydrogens (tertiary/aromatic N) is 6. The summed E-state index contributed by atoms with van der Waals surface area (Å²) in [6.07, 6.45) is 1.34. The molecular formula is C24H34N6O3S. The number of fused-ring (bicyclic) bond motifs is 1. The molecule has 0 radical (unpaired) electrons. The van der Waals surface area contributed by atoms with Crippen molar-refractivity contribution >= 4 is 33.7 Å².